The number of nitrogens with zero attached hydrogens (tertiary/aromatic N) is 3. The van der Waals surface area contributed by atoms with Gasteiger partial charge in [-0.3, -0.25) is 9.69 Å². The number of aromatic nitrogens is 1. The number of carboxylic acids is 1. The summed E-state index contributed by atoms with van der Waals surface area (Å²) >= 11 is 5.80. The first-order valence-corrected chi connectivity index (χ1v) is 6.29. The van der Waals surface area contributed by atoms with E-state index in [4.69, 9.17) is 16.7 Å². The fraction of sp³-hybridized carbons (Fsp3) is 0.500. The maximum absolute atomic E-state index is 10.9. The lowest BCUT2D eigenvalue weighted by molar-refractivity contribution is -0.142. The molecule has 18 heavy (non-hydrogen) atoms. The van der Waals surface area contributed by atoms with Gasteiger partial charge in [0, 0.05) is 32.4 Å². The Balaban J connectivity index is 1.94. The van der Waals surface area contributed by atoms with Crippen LogP contribution in [0, 0.1) is 0 Å². The van der Waals surface area contributed by atoms with Gasteiger partial charge in [0.05, 0.1) is 5.02 Å². The van der Waals surface area contributed by atoms with Gasteiger partial charge in [0.25, 0.3) is 0 Å². The molecule has 0 saturated carbocycles. The Hall–Kier alpha value is -1.33. The van der Waals surface area contributed by atoms with Crippen LogP contribution < -0.4 is 4.90 Å². The first-order chi connectivity index (χ1) is 8.58. The normalized spacial score (nSPS) is 18.7. The van der Waals surface area contributed by atoms with Gasteiger partial charge < -0.3 is 10.0 Å². The summed E-state index contributed by atoms with van der Waals surface area (Å²) in [6, 6.07) is 3.28. The van der Waals surface area contributed by atoms with Crippen molar-refractivity contribution in [3.05, 3.63) is 23.4 Å². The molecule has 2 rings (SSSR count). The van der Waals surface area contributed by atoms with E-state index < -0.39 is 12.0 Å². The first-order valence-electron chi connectivity index (χ1n) is 5.91. The van der Waals surface area contributed by atoms with E-state index in [9.17, 15) is 4.79 Å². The molecule has 6 heteroatoms. The maximum atomic E-state index is 10.9. The molecule has 1 saturated heterocycles. The summed E-state index contributed by atoms with van der Waals surface area (Å²) in [6.07, 6.45) is 1.63. The highest BCUT2D eigenvalue weighted by molar-refractivity contribution is 6.30. The zero-order chi connectivity index (χ0) is 13.1. The van der Waals surface area contributed by atoms with Gasteiger partial charge in [0.1, 0.15) is 11.9 Å². The Morgan fingerprint density at radius 3 is 2.56 bits per heavy atom. The van der Waals surface area contributed by atoms with Gasteiger partial charge in [-0.05, 0) is 19.1 Å². The van der Waals surface area contributed by atoms with E-state index in [0.717, 1.165) is 32.0 Å². The summed E-state index contributed by atoms with van der Waals surface area (Å²) in [6.45, 7) is 4.76. The monoisotopic (exact) mass is 269 g/mol. The van der Waals surface area contributed by atoms with Crippen LogP contribution in [0.3, 0.4) is 0 Å². The first kappa shape index (κ1) is 13.1. The summed E-state index contributed by atoms with van der Waals surface area (Å²) in [4.78, 5) is 19.3. The molecular weight excluding hydrogens is 254 g/mol. The van der Waals surface area contributed by atoms with Gasteiger partial charge in [0.15, 0.2) is 0 Å². The van der Waals surface area contributed by atoms with Crippen molar-refractivity contribution in [2.24, 2.45) is 0 Å². The molecule has 0 amide bonds. The van der Waals surface area contributed by atoms with Gasteiger partial charge in [-0.1, -0.05) is 11.6 Å². The van der Waals surface area contributed by atoms with E-state index in [1.807, 2.05) is 17.0 Å². The lowest BCUT2D eigenvalue weighted by atomic mass is 10.2. The minimum Gasteiger partial charge on any atom is -0.480 e. The Morgan fingerprint density at radius 1 is 1.39 bits per heavy atom. The number of hydrogen-bond acceptors (Lipinski definition) is 4. The maximum Gasteiger partial charge on any atom is 0.320 e. The van der Waals surface area contributed by atoms with Crippen LogP contribution >= 0.6 is 11.6 Å². The number of pyridine rings is 1. The standard InChI is InChI=1S/C12H16ClN3O2/c1-9(12(17)18)15-4-6-16(7-5-15)11-3-2-10(13)8-14-11/h2-3,8-9H,4-7H2,1H3,(H,17,18). The van der Waals surface area contributed by atoms with Crippen LogP contribution in [0.1, 0.15) is 6.92 Å². The quantitative estimate of drug-likeness (QED) is 0.897. The van der Waals surface area contributed by atoms with E-state index in [1.54, 1.807) is 13.1 Å². The van der Waals surface area contributed by atoms with Crippen molar-refractivity contribution in [2.75, 3.05) is 31.1 Å². The molecule has 1 aliphatic rings. The second-order valence-corrected chi connectivity index (χ2v) is 4.81. The largest absolute Gasteiger partial charge is 0.480 e. The van der Waals surface area contributed by atoms with Crippen molar-refractivity contribution in [2.45, 2.75) is 13.0 Å². The summed E-state index contributed by atoms with van der Waals surface area (Å²) in [7, 11) is 0. The number of halogens is 1. The van der Waals surface area contributed by atoms with Crippen molar-refractivity contribution in [1.82, 2.24) is 9.88 Å². The topological polar surface area (TPSA) is 56.7 Å². The fourth-order valence-electron chi connectivity index (χ4n) is 2.05. The number of anilines is 1. The Labute approximate surface area is 111 Å². The molecule has 5 nitrogen and oxygen atoms in total. The molecule has 0 aromatic carbocycles. The van der Waals surface area contributed by atoms with Crippen LogP contribution in [0.4, 0.5) is 5.82 Å². The summed E-state index contributed by atoms with van der Waals surface area (Å²) in [5, 5.41) is 9.59. The van der Waals surface area contributed by atoms with E-state index in [1.165, 1.54) is 0 Å². The molecule has 1 unspecified atom stereocenters. The van der Waals surface area contributed by atoms with Crippen molar-refractivity contribution in [1.29, 1.82) is 0 Å². The lowest BCUT2D eigenvalue weighted by Gasteiger charge is -2.37. The average Bonchev–Trinajstić information content (AvgIpc) is 2.39. The van der Waals surface area contributed by atoms with E-state index in [-0.39, 0.29) is 0 Å². The number of carboxylic acid groups (broad SMARTS) is 1. The van der Waals surface area contributed by atoms with Gasteiger partial charge >= 0.3 is 5.97 Å². The lowest BCUT2D eigenvalue weighted by Crippen LogP contribution is -2.51. The molecule has 0 radical (unpaired) electrons. The number of hydrogen-bond donors (Lipinski definition) is 1. The highest BCUT2D eigenvalue weighted by Crippen LogP contribution is 2.16. The molecule has 2 heterocycles. The van der Waals surface area contributed by atoms with Crippen molar-refractivity contribution >= 4 is 23.4 Å². The zero-order valence-corrected chi connectivity index (χ0v) is 11.0. The Morgan fingerprint density at radius 2 is 2.06 bits per heavy atom. The molecular formula is C12H16ClN3O2. The second-order valence-electron chi connectivity index (χ2n) is 4.37. The molecule has 0 spiro atoms. The second kappa shape index (κ2) is 5.54. The predicted octanol–water partition coefficient (Wildman–Crippen LogP) is 1.33. The van der Waals surface area contributed by atoms with Crippen LogP contribution in [0.2, 0.25) is 5.02 Å². The fourth-order valence-corrected chi connectivity index (χ4v) is 2.16. The number of carbonyl (C=O) groups is 1. The number of rotatable bonds is 3. The highest BCUT2D eigenvalue weighted by Gasteiger charge is 2.25. The van der Waals surface area contributed by atoms with Crippen LogP contribution in [0.15, 0.2) is 18.3 Å². The van der Waals surface area contributed by atoms with Crippen LogP contribution in [0.5, 0.6) is 0 Å². The molecule has 1 atom stereocenters. The van der Waals surface area contributed by atoms with Crippen LogP contribution in [-0.4, -0.2) is 53.2 Å². The third-order valence-corrected chi connectivity index (χ3v) is 3.48. The summed E-state index contributed by atoms with van der Waals surface area (Å²) in [5.41, 5.74) is 0. The number of piperazine rings is 1. The molecule has 1 N–H and O–H groups in total. The number of aliphatic carboxylic acids is 1. The van der Waals surface area contributed by atoms with Gasteiger partial charge in [-0.2, -0.15) is 0 Å². The summed E-state index contributed by atoms with van der Waals surface area (Å²) in [5.74, 6) is 0.120. The van der Waals surface area contributed by atoms with Gasteiger partial charge in [-0.25, -0.2) is 4.98 Å². The molecule has 1 aromatic heterocycles. The predicted molar refractivity (Wildman–Crippen MR) is 70.1 cm³/mol. The molecule has 0 aliphatic carbocycles. The van der Waals surface area contributed by atoms with Gasteiger partial charge in [0.2, 0.25) is 0 Å². The van der Waals surface area contributed by atoms with E-state index in [0.29, 0.717) is 5.02 Å². The van der Waals surface area contributed by atoms with Gasteiger partial charge in [-0.15, -0.1) is 0 Å². The summed E-state index contributed by atoms with van der Waals surface area (Å²) < 4.78 is 0. The molecule has 0 bridgehead atoms. The third-order valence-electron chi connectivity index (χ3n) is 3.26. The molecule has 1 aromatic rings. The zero-order valence-electron chi connectivity index (χ0n) is 10.2. The Bertz CT molecular complexity index is 416. The molecule has 1 aliphatic heterocycles. The van der Waals surface area contributed by atoms with Crippen LogP contribution in [-0.2, 0) is 4.79 Å². The molecule has 98 valence electrons. The minimum atomic E-state index is -0.770. The van der Waals surface area contributed by atoms with Crippen LogP contribution in [0.25, 0.3) is 0 Å². The minimum absolute atomic E-state index is 0.426. The van der Waals surface area contributed by atoms with Crippen molar-refractivity contribution in [3.8, 4) is 0 Å². The van der Waals surface area contributed by atoms with E-state index in [2.05, 4.69) is 9.88 Å². The SMILES string of the molecule is CC(C(=O)O)N1CCN(c2ccc(Cl)cn2)CC1. The Kier molecular flexibility index (Phi) is 4.04. The van der Waals surface area contributed by atoms with Crippen molar-refractivity contribution < 1.29 is 9.90 Å². The smallest absolute Gasteiger partial charge is 0.320 e. The average molecular weight is 270 g/mol. The molecule has 1 fully saturated rings. The van der Waals surface area contributed by atoms with E-state index >= 15 is 0 Å². The third kappa shape index (κ3) is 2.91. The van der Waals surface area contributed by atoms with Crippen molar-refractivity contribution in [3.63, 3.8) is 0 Å². The highest BCUT2D eigenvalue weighted by atomic mass is 35.5.